The Morgan fingerprint density at radius 3 is 2.53 bits per heavy atom. The molecule has 0 radical (unpaired) electrons. The van der Waals surface area contributed by atoms with E-state index in [-0.39, 0.29) is 5.91 Å². The van der Waals surface area contributed by atoms with Gasteiger partial charge in [0.2, 0.25) is 11.0 Å². The lowest BCUT2D eigenvalue weighted by molar-refractivity contribution is -0.116. The number of nitrogens with zero attached hydrogens (tertiary/aromatic N) is 4. The van der Waals surface area contributed by atoms with Crippen molar-refractivity contribution in [1.82, 2.24) is 14.7 Å². The molecule has 0 N–H and O–H groups in total. The summed E-state index contributed by atoms with van der Waals surface area (Å²) in [4.78, 5) is 16.3. The standard InChI is InChI=1S/C22H30N4O2S2/c1-16(27)26(19-7-8-19)21-23-25(22(29)30-21)15-24-13-11-18(12-14-24)4-3-17-5-9-20(28-2)10-6-17/h5-6,9-10,18-19H,3-4,7-8,11-15H2,1-2H3. The van der Waals surface area contributed by atoms with Crippen molar-refractivity contribution in [2.45, 2.75) is 58.2 Å². The van der Waals surface area contributed by atoms with Crippen molar-refractivity contribution in [3.05, 3.63) is 33.8 Å². The fraction of sp³-hybridized carbons (Fsp3) is 0.591. The third-order valence-corrected chi connectivity index (χ3v) is 7.40. The average molecular weight is 447 g/mol. The predicted molar refractivity (Wildman–Crippen MR) is 123 cm³/mol. The zero-order valence-corrected chi connectivity index (χ0v) is 19.4. The molecular weight excluding hydrogens is 416 g/mol. The number of piperidine rings is 1. The summed E-state index contributed by atoms with van der Waals surface area (Å²) in [5.74, 6) is 1.75. The van der Waals surface area contributed by atoms with Crippen LogP contribution in [0.5, 0.6) is 5.75 Å². The summed E-state index contributed by atoms with van der Waals surface area (Å²) in [6.07, 6.45) is 6.91. The molecule has 6 nitrogen and oxygen atoms in total. The fourth-order valence-corrected chi connectivity index (χ4v) is 5.33. The van der Waals surface area contributed by atoms with Crippen molar-refractivity contribution < 1.29 is 9.53 Å². The molecule has 1 aromatic heterocycles. The number of anilines is 1. The molecule has 162 valence electrons. The summed E-state index contributed by atoms with van der Waals surface area (Å²) in [5.41, 5.74) is 1.38. The lowest BCUT2D eigenvalue weighted by Gasteiger charge is -2.31. The molecule has 1 aliphatic heterocycles. The lowest BCUT2D eigenvalue weighted by atomic mass is 9.91. The van der Waals surface area contributed by atoms with Gasteiger partial charge in [-0.1, -0.05) is 23.5 Å². The molecule has 0 spiro atoms. The summed E-state index contributed by atoms with van der Waals surface area (Å²) >= 11 is 6.99. The Bertz CT molecular complexity index is 912. The first kappa shape index (κ1) is 21.5. The second-order valence-electron chi connectivity index (χ2n) is 8.36. The molecule has 1 saturated heterocycles. The smallest absolute Gasteiger partial charge is 0.225 e. The number of likely N-dealkylation sites (tertiary alicyclic amines) is 1. The van der Waals surface area contributed by atoms with Crippen molar-refractivity contribution >= 4 is 34.6 Å². The van der Waals surface area contributed by atoms with Crippen molar-refractivity contribution in [3.8, 4) is 5.75 Å². The maximum Gasteiger partial charge on any atom is 0.225 e. The molecular formula is C22H30N4O2S2. The molecule has 0 unspecified atom stereocenters. The zero-order chi connectivity index (χ0) is 21.1. The molecule has 2 aromatic rings. The molecule has 2 heterocycles. The number of methoxy groups -OCH3 is 1. The van der Waals surface area contributed by atoms with Crippen LogP contribution in [0.1, 0.15) is 44.6 Å². The third kappa shape index (κ3) is 5.28. The Kier molecular flexibility index (Phi) is 6.85. The van der Waals surface area contributed by atoms with E-state index >= 15 is 0 Å². The van der Waals surface area contributed by atoms with Gasteiger partial charge in [0, 0.05) is 26.1 Å². The van der Waals surface area contributed by atoms with Gasteiger partial charge in [-0.2, -0.15) is 0 Å². The molecule has 30 heavy (non-hydrogen) atoms. The van der Waals surface area contributed by atoms with Gasteiger partial charge in [-0.05, 0) is 74.4 Å². The van der Waals surface area contributed by atoms with E-state index in [1.165, 1.54) is 36.2 Å². The van der Waals surface area contributed by atoms with E-state index < -0.39 is 0 Å². The Morgan fingerprint density at radius 1 is 1.23 bits per heavy atom. The zero-order valence-electron chi connectivity index (χ0n) is 17.7. The Balaban J connectivity index is 1.26. The number of rotatable bonds is 8. The van der Waals surface area contributed by atoms with E-state index in [1.807, 2.05) is 21.7 Å². The monoisotopic (exact) mass is 446 g/mol. The topological polar surface area (TPSA) is 50.6 Å². The molecule has 8 heteroatoms. The lowest BCUT2D eigenvalue weighted by Crippen LogP contribution is -2.36. The number of ether oxygens (including phenoxy) is 1. The van der Waals surface area contributed by atoms with Crippen LogP contribution in [-0.4, -0.2) is 46.8 Å². The Hall–Kier alpha value is -1.77. The first-order valence-electron chi connectivity index (χ1n) is 10.8. The molecule has 0 atom stereocenters. The van der Waals surface area contributed by atoms with Crippen LogP contribution in [0.15, 0.2) is 24.3 Å². The van der Waals surface area contributed by atoms with Crippen LogP contribution in [0.25, 0.3) is 0 Å². The third-order valence-electron chi connectivity index (χ3n) is 6.09. The summed E-state index contributed by atoms with van der Waals surface area (Å²) in [5, 5.41) is 5.43. The van der Waals surface area contributed by atoms with E-state index in [0.717, 1.165) is 59.8 Å². The van der Waals surface area contributed by atoms with Gasteiger partial charge in [0.15, 0.2) is 3.95 Å². The van der Waals surface area contributed by atoms with Gasteiger partial charge >= 0.3 is 0 Å². The van der Waals surface area contributed by atoms with E-state index in [0.29, 0.717) is 6.04 Å². The number of hydrogen-bond donors (Lipinski definition) is 0. The van der Waals surface area contributed by atoms with Gasteiger partial charge in [-0.15, -0.1) is 5.10 Å². The van der Waals surface area contributed by atoms with E-state index in [4.69, 9.17) is 17.0 Å². The maximum absolute atomic E-state index is 12.0. The van der Waals surface area contributed by atoms with Crippen LogP contribution < -0.4 is 9.64 Å². The summed E-state index contributed by atoms with van der Waals surface area (Å²) < 4.78 is 7.88. The van der Waals surface area contributed by atoms with Crippen molar-refractivity contribution in [2.24, 2.45) is 5.92 Å². The predicted octanol–water partition coefficient (Wildman–Crippen LogP) is 4.50. The number of aromatic nitrogens is 2. The van der Waals surface area contributed by atoms with Gasteiger partial charge < -0.3 is 4.74 Å². The second-order valence-corrected chi connectivity index (χ2v) is 9.96. The number of benzene rings is 1. The van der Waals surface area contributed by atoms with Crippen LogP contribution in [0.2, 0.25) is 0 Å². The van der Waals surface area contributed by atoms with E-state index in [2.05, 4.69) is 22.1 Å². The first-order chi connectivity index (χ1) is 14.5. The average Bonchev–Trinajstić information content (AvgIpc) is 3.51. The van der Waals surface area contributed by atoms with Gasteiger partial charge in [0.25, 0.3) is 0 Å². The molecule has 4 rings (SSSR count). The van der Waals surface area contributed by atoms with Crippen LogP contribution in [0.4, 0.5) is 5.13 Å². The van der Waals surface area contributed by atoms with Crippen molar-refractivity contribution in [3.63, 3.8) is 0 Å². The van der Waals surface area contributed by atoms with Gasteiger partial charge in [0.1, 0.15) is 5.75 Å². The quantitative estimate of drug-likeness (QED) is 0.559. The number of carbonyl (C=O) groups excluding carboxylic acids is 1. The molecule has 1 aliphatic carbocycles. The van der Waals surface area contributed by atoms with Crippen molar-refractivity contribution in [2.75, 3.05) is 25.1 Å². The minimum atomic E-state index is 0.0612. The Morgan fingerprint density at radius 2 is 1.93 bits per heavy atom. The summed E-state index contributed by atoms with van der Waals surface area (Å²) in [7, 11) is 1.70. The SMILES string of the molecule is COc1ccc(CCC2CCN(Cn3nc(N(C(C)=O)C4CC4)sc3=S)CC2)cc1. The van der Waals surface area contributed by atoms with Crippen LogP contribution >= 0.6 is 23.6 Å². The highest BCUT2D eigenvalue weighted by Gasteiger charge is 2.34. The number of hydrogen-bond acceptors (Lipinski definition) is 6. The molecule has 0 bridgehead atoms. The minimum Gasteiger partial charge on any atom is -0.497 e. The molecule has 1 amide bonds. The second kappa shape index (κ2) is 9.58. The molecule has 2 aliphatic rings. The largest absolute Gasteiger partial charge is 0.497 e. The molecule has 1 saturated carbocycles. The maximum atomic E-state index is 12.0. The van der Waals surface area contributed by atoms with E-state index in [1.54, 1.807) is 14.0 Å². The number of aryl methyl sites for hydroxylation is 1. The minimum absolute atomic E-state index is 0.0612. The highest BCUT2D eigenvalue weighted by Crippen LogP contribution is 2.33. The van der Waals surface area contributed by atoms with Crippen molar-refractivity contribution in [1.29, 1.82) is 0 Å². The molecule has 2 fully saturated rings. The highest BCUT2D eigenvalue weighted by atomic mass is 32.1. The summed E-state index contributed by atoms with van der Waals surface area (Å²) in [6, 6.07) is 8.74. The van der Waals surface area contributed by atoms with Crippen LogP contribution in [-0.2, 0) is 17.9 Å². The summed E-state index contributed by atoms with van der Waals surface area (Å²) in [6.45, 7) is 4.47. The van der Waals surface area contributed by atoms with Crippen LogP contribution in [0.3, 0.4) is 0 Å². The fourth-order valence-electron chi connectivity index (χ4n) is 4.13. The molecule has 1 aromatic carbocycles. The normalized spacial score (nSPS) is 17.8. The number of carbonyl (C=O) groups is 1. The first-order valence-corrected chi connectivity index (χ1v) is 12.0. The van der Waals surface area contributed by atoms with Gasteiger partial charge in [-0.25, -0.2) is 4.68 Å². The number of amides is 1. The van der Waals surface area contributed by atoms with Gasteiger partial charge in [-0.3, -0.25) is 14.6 Å². The Labute approximate surface area is 187 Å². The highest BCUT2D eigenvalue weighted by molar-refractivity contribution is 7.73. The van der Waals surface area contributed by atoms with E-state index in [9.17, 15) is 4.79 Å². The van der Waals surface area contributed by atoms with Gasteiger partial charge in [0.05, 0.1) is 13.8 Å². The van der Waals surface area contributed by atoms with Crippen LogP contribution in [0, 0.1) is 9.87 Å².